The van der Waals surface area contributed by atoms with Crippen molar-refractivity contribution >= 4 is 23.5 Å². The Bertz CT molecular complexity index is 516. The molecule has 0 saturated carbocycles. The normalized spacial score (nSPS) is 9.81. The first-order chi connectivity index (χ1) is 10.1. The Balaban J connectivity index is 2.64. The second-order valence-electron chi connectivity index (χ2n) is 3.97. The highest BCUT2D eigenvalue weighted by molar-refractivity contribution is 6.00. The molecule has 0 aliphatic carbocycles. The number of hydrogen-bond acceptors (Lipinski definition) is 6. The fourth-order valence-corrected chi connectivity index (χ4v) is 1.53. The Morgan fingerprint density at radius 3 is 2.52 bits per heavy atom. The van der Waals surface area contributed by atoms with Crippen molar-refractivity contribution in [3.63, 3.8) is 0 Å². The maximum Gasteiger partial charge on any atom is 0.359 e. The van der Waals surface area contributed by atoms with Gasteiger partial charge in [0, 0.05) is 12.6 Å². The van der Waals surface area contributed by atoms with Gasteiger partial charge in [0.05, 0.1) is 25.3 Å². The fourth-order valence-electron chi connectivity index (χ4n) is 1.53. The van der Waals surface area contributed by atoms with E-state index in [1.165, 1.54) is 6.20 Å². The van der Waals surface area contributed by atoms with E-state index in [1.54, 1.807) is 26.0 Å². The zero-order valence-corrected chi connectivity index (χ0v) is 12.0. The Labute approximate surface area is 122 Å². The number of carbonyl (C=O) groups excluding carboxylic acids is 3. The van der Waals surface area contributed by atoms with E-state index in [0.29, 0.717) is 0 Å². The summed E-state index contributed by atoms with van der Waals surface area (Å²) >= 11 is 0. The summed E-state index contributed by atoms with van der Waals surface area (Å²) in [6, 6.07) is 3.13. The molecule has 0 atom stereocenters. The van der Waals surface area contributed by atoms with E-state index < -0.39 is 17.8 Å². The summed E-state index contributed by atoms with van der Waals surface area (Å²) < 4.78 is 9.58. The fraction of sp³-hybridized carbons (Fsp3) is 0.429. The van der Waals surface area contributed by atoms with E-state index in [0.717, 1.165) is 0 Å². The van der Waals surface area contributed by atoms with Crippen molar-refractivity contribution in [2.45, 2.75) is 26.7 Å². The number of anilines is 1. The van der Waals surface area contributed by atoms with Gasteiger partial charge in [-0.05, 0) is 26.0 Å². The van der Waals surface area contributed by atoms with Gasteiger partial charge in [-0.3, -0.25) is 9.59 Å². The number of esters is 2. The summed E-state index contributed by atoms with van der Waals surface area (Å²) in [5.74, 6) is -1.45. The lowest BCUT2D eigenvalue weighted by atomic mass is 10.2. The molecular weight excluding hydrogens is 276 g/mol. The molecule has 1 N–H and O–H groups in total. The first-order valence-electron chi connectivity index (χ1n) is 6.66. The third kappa shape index (κ3) is 5.60. The lowest BCUT2D eigenvalue weighted by Gasteiger charge is -2.09. The second kappa shape index (κ2) is 8.68. The van der Waals surface area contributed by atoms with Crippen LogP contribution >= 0.6 is 0 Å². The van der Waals surface area contributed by atoms with Gasteiger partial charge in [0.25, 0.3) is 0 Å². The number of nitrogens with one attached hydrogen (secondary N) is 1. The topological polar surface area (TPSA) is 94.6 Å². The van der Waals surface area contributed by atoms with E-state index in [9.17, 15) is 14.4 Å². The monoisotopic (exact) mass is 294 g/mol. The van der Waals surface area contributed by atoms with Crippen molar-refractivity contribution < 1.29 is 23.9 Å². The van der Waals surface area contributed by atoms with Crippen LogP contribution in [-0.4, -0.2) is 36.0 Å². The highest BCUT2D eigenvalue weighted by atomic mass is 16.5. The van der Waals surface area contributed by atoms with E-state index >= 15 is 0 Å². The van der Waals surface area contributed by atoms with Crippen LogP contribution in [0.25, 0.3) is 0 Å². The zero-order valence-electron chi connectivity index (χ0n) is 12.0. The van der Waals surface area contributed by atoms with Crippen LogP contribution in [0.15, 0.2) is 18.3 Å². The Hall–Kier alpha value is -2.44. The molecule has 7 heteroatoms. The molecule has 21 heavy (non-hydrogen) atoms. The summed E-state index contributed by atoms with van der Waals surface area (Å²) in [6.45, 7) is 3.86. The molecule has 1 aromatic rings. The van der Waals surface area contributed by atoms with Crippen LogP contribution in [-0.2, 0) is 19.1 Å². The molecule has 0 fully saturated rings. The number of ether oxygens (including phenoxy) is 2. The summed E-state index contributed by atoms with van der Waals surface area (Å²) in [5.41, 5.74) is 0.286. The molecule has 0 bridgehead atoms. The summed E-state index contributed by atoms with van der Waals surface area (Å²) in [6.07, 6.45) is 1.38. The molecule has 1 aromatic heterocycles. The van der Waals surface area contributed by atoms with Gasteiger partial charge < -0.3 is 14.8 Å². The van der Waals surface area contributed by atoms with Crippen molar-refractivity contribution in [1.82, 2.24) is 4.98 Å². The maximum absolute atomic E-state index is 11.8. The van der Waals surface area contributed by atoms with Gasteiger partial charge in [-0.1, -0.05) is 0 Å². The third-order valence-corrected chi connectivity index (χ3v) is 2.41. The minimum absolute atomic E-state index is 0.0192. The highest BCUT2D eigenvalue weighted by Gasteiger charge is 2.16. The van der Waals surface area contributed by atoms with Gasteiger partial charge in [-0.25, -0.2) is 9.78 Å². The number of carbonyl (C=O) groups is 3. The van der Waals surface area contributed by atoms with E-state index in [2.05, 4.69) is 10.3 Å². The number of aromatic nitrogens is 1. The lowest BCUT2D eigenvalue weighted by Crippen LogP contribution is -2.18. The van der Waals surface area contributed by atoms with E-state index in [-0.39, 0.29) is 37.4 Å². The SMILES string of the molecule is CCOC(=O)CCC(=O)Nc1cccnc1C(=O)OCC. The molecular formula is C14H18N2O5. The zero-order chi connectivity index (χ0) is 15.7. The standard InChI is InChI=1S/C14H18N2O5/c1-3-20-12(18)8-7-11(17)16-10-6-5-9-15-13(10)14(19)21-4-2/h5-6,9H,3-4,7-8H2,1-2H3,(H,16,17). The molecule has 0 saturated heterocycles. The van der Waals surface area contributed by atoms with E-state index in [1.807, 2.05) is 0 Å². The van der Waals surface area contributed by atoms with Gasteiger partial charge in [0.15, 0.2) is 5.69 Å². The van der Waals surface area contributed by atoms with Crippen molar-refractivity contribution in [2.75, 3.05) is 18.5 Å². The van der Waals surface area contributed by atoms with Gasteiger partial charge in [0.1, 0.15) is 0 Å². The largest absolute Gasteiger partial charge is 0.466 e. The van der Waals surface area contributed by atoms with Crippen molar-refractivity contribution in [3.8, 4) is 0 Å². The molecule has 0 unspecified atom stereocenters. The first-order valence-corrected chi connectivity index (χ1v) is 6.66. The summed E-state index contributed by atoms with van der Waals surface area (Å²) in [4.78, 5) is 38.5. The van der Waals surface area contributed by atoms with E-state index in [4.69, 9.17) is 9.47 Å². The van der Waals surface area contributed by atoms with Crippen LogP contribution in [0.5, 0.6) is 0 Å². The Morgan fingerprint density at radius 1 is 1.14 bits per heavy atom. The molecule has 0 radical (unpaired) electrons. The predicted octanol–water partition coefficient (Wildman–Crippen LogP) is 1.54. The van der Waals surface area contributed by atoms with Crippen LogP contribution in [0.1, 0.15) is 37.2 Å². The second-order valence-corrected chi connectivity index (χ2v) is 3.97. The number of nitrogens with zero attached hydrogens (tertiary/aromatic N) is 1. The van der Waals surface area contributed by atoms with Gasteiger partial charge in [-0.15, -0.1) is 0 Å². The quantitative estimate of drug-likeness (QED) is 0.766. The predicted molar refractivity (Wildman–Crippen MR) is 74.7 cm³/mol. The Kier molecular flexibility index (Phi) is 6.86. The minimum Gasteiger partial charge on any atom is -0.466 e. The molecule has 7 nitrogen and oxygen atoms in total. The van der Waals surface area contributed by atoms with Crippen molar-refractivity contribution in [3.05, 3.63) is 24.0 Å². The van der Waals surface area contributed by atoms with Crippen molar-refractivity contribution in [1.29, 1.82) is 0 Å². The molecule has 1 rings (SSSR count). The summed E-state index contributed by atoms with van der Waals surface area (Å²) in [5, 5.41) is 2.54. The summed E-state index contributed by atoms with van der Waals surface area (Å²) in [7, 11) is 0. The molecule has 1 heterocycles. The molecule has 0 aliphatic rings. The molecule has 114 valence electrons. The van der Waals surface area contributed by atoms with Crippen LogP contribution in [0.2, 0.25) is 0 Å². The van der Waals surface area contributed by atoms with Crippen LogP contribution in [0, 0.1) is 0 Å². The molecule has 0 aromatic carbocycles. The molecule has 0 spiro atoms. The van der Waals surface area contributed by atoms with Gasteiger partial charge in [0.2, 0.25) is 5.91 Å². The number of rotatable bonds is 7. The molecule has 1 amide bonds. The average molecular weight is 294 g/mol. The number of amides is 1. The first kappa shape index (κ1) is 16.6. The van der Waals surface area contributed by atoms with Crippen LogP contribution in [0.4, 0.5) is 5.69 Å². The molecule has 0 aliphatic heterocycles. The van der Waals surface area contributed by atoms with Gasteiger partial charge in [-0.2, -0.15) is 0 Å². The Morgan fingerprint density at radius 2 is 1.86 bits per heavy atom. The smallest absolute Gasteiger partial charge is 0.359 e. The minimum atomic E-state index is -0.612. The van der Waals surface area contributed by atoms with Crippen molar-refractivity contribution in [2.24, 2.45) is 0 Å². The lowest BCUT2D eigenvalue weighted by molar-refractivity contribution is -0.144. The van der Waals surface area contributed by atoms with Gasteiger partial charge >= 0.3 is 11.9 Å². The average Bonchev–Trinajstić information content (AvgIpc) is 2.46. The number of pyridine rings is 1. The third-order valence-electron chi connectivity index (χ3n) is 2.41. The van der Waals surface area contributed by atoms with Crippen LogP contribution < -0.4 is 5.32 Å². The highest BCUT2D eigenvalue weighted by Crippen LogP contribution is 2.14. The maximum atomic E-state index is 11.8. The number of hydrogen-bond donors (Lipinski definition) is 1. The van der Waals surface area contributed by atoms with Crippen LogP contribution in [0.3, 0.4) is 0 Å².